The molecule has 7 nitrogen and oxygen atoms in total. The highest BCUT2D eigenvalue weighted by Gasteiger charge is 2.36. The van der Waals surface area contributed by atoms with Crippen LogP contribution in [0.4, 0.5) is 10.5 Å². The number of carbonyl (C=O) groups is 3. The number of nitrogens with zero attached hydrogens (tertiary/aromatic N) is 1. The number of carbonyl (C=O) groups excluding carboxylic acids is 3. The molecule has 1 fully saturated rings. The number of imide groups is 2. The standard InChI is InChI=1S/C26H20Cl2N2O5/c1-15-4-3-5-19(10-15)30-25(32)20(24(31)29-26(30)33)11-16-6-9-22(23(12-16)34-2)35-14-17-7-8-18(27)13-21(17)28/h3-13H,14H2,1-2H3,(H,29,31,33)/b20-11+. The lowest BCUT2D eigenvalue weighted by Gasteiger charge is -2.26. The number of benzene rings is 3. The van der Waals surface area contributed by atoms with Gasteiger partial charge in [-0.2, -0.15) is 0 Å². The molecule has 4 rings (SSSR count). The summed E-state index contributed by atoms with van der Waals surface area (Å²) in [6, 6.07) is 16.1. The number of hydrogen-bond acceptors (Lipinski definition) is 5. The Labute approximate surface area is 211 Å². The van der Waals surface area contributed by atoms with Gasteiger partial charge in [-0.15, -0.1) is 0 Å². The predicted molar refractivity (Wildman–Crippen MR) is 134 cm³/mol. The highest BCUT2D eigenvalue weighted by atomic mass is 35.5. The molecule has 178 valence electrons. The molecule has 9 heteroatoms. The van der Waals surface area contributed by atoms with Gasteiger partial charge in [0.15, 0.2) is 11.5 Å². The van der Waals surface area contributed by atoms with Crippen molar-refractivity contribution in [2.45, 2.75) is 13.5 Å². The van der Waals surface area contributed by atoms with Crippen LogP contribution in [0.25, 0.3) is 6.08 Å². The van der Waals surface area contributed by atoms with E-state index >= 15 is 0 Å². The Bertz CT molecular complexity index is 1370. The van der Waals surface area contributed by atoms with Gasteiger partial charge in [0.05, 0.1) is 12.8 Å². The normalized spacial score (nSPS) is 14.8. The van der Waals surface area contributed by atoms with Crippen molar-refractivity contribution in [3.8, 4) is 11.5 Å². The summed E-state index contributed by atoms with van der Waals surface area (Å²) in [6.45, 7) is 2.02. The zero-order valence-corrected chi connectivity index (χ0v) is 20.3. The number of barbiturate groups is 1. The first-order chi connectivity index (χ1) is 16.8. The third kappa shape index (κ3) is 5.31. The second kappa shape index (κ2) is 10.2. The van der Waals surface area contributed by atoms with Crippen LogP contribution in [0.2, 0.25) is 10.0 Å². The van der Waals surface area contributed by atoms with Crippen LogP contribution in [-0.4, -0.2) is 25.0 Å². The van der Waals surface area contributed by atoms with Crippen LogP contribution in [-0.2, 0) is 16.2 Å². The van der Waals surface area contributed by atoms with E-state index in [-0.39, 0.29) is 12.2 Å². The summed E-state index contributed by atoms with van der Waals surface area (Å²) in [4.78, 5) is 38.9. The van der Waals surface area contributed by atoms with Crippen molar-refractivity contribution in [2.75, 3.05) is 12.0 Å². The molecule has 1 aliphatic rings. The van der Waals surface area contributed by atoms with Crippen LogP contribution in [0.15, 0.2) is 66.2 Å². The van der Waals surface area contributed by atoms with Gasteiger partial charge in [0.2, 0.25) is 0 Å². The molecule has 0 aromatic heterocycles. The molecule has 0 aliphatic carbocycles. The van der Waals surface area contributed by atoms with E-state index in [2.05, 4.69) is 5.32 Å². The number of nitrogens with one attached hydrogen (secondary N) is 1. The summed E-state index contributed by atoms with van der Waals surface area (Å²) in [5.74, 6) is -0.669. The lowest BCUT2D eigenvalue weighted by atomic mass is 10.1. The number of amides is 4. The molecule has 3 aromatic carbocycles. The summed E-state index contributed by atoms with van der Waals surface area (Å²) >= 11 is 12.1. The Morgan fingerprint density at radius 2 is 1.77 bits per heavy atom. The second-order valence-corrected chi connectivity index (χ2v) is 8.58. The lowest BCUT2D eigenvalue weighted by Crippen LogP contribution is -2.54. The van der Waals surface area contributed by atoms with E-state index in [4.69, 9.17) is 32.7 Å². The van der Waals surface area contributed by atoms with Gasteiger partial charge in [0.25, 0.3) is 11.8 Å². The van der Waals surface area contributed by atoms with Gasteiger partial charge in [0.1, 0.15) is 12.2 Å². The first kappa shape index (κ1) is 24.3. The Hall–Kier alpha value is -3.81. The fourth-order valence-electron chi connectivity index (χ4n) is 3.51. The molecular formula is C26H20Cl2N2O5. The van der Waals surface area contributed by atoms with Crippen molar-refractivity contribution in [2.24, 2.45) is 0 Å². The Morgan fingerprint density at radius 1 is 0.971 bits per heavy atom. The Balaban J connectivity index is 1.59. The van der Waals surface area contributed by atoms with Crippen LogP contribution in [0.1, 0.15) is 16.7 Å². The SMILES string of the molecule is COc1cc(/C=C2\C(=O)NC(=O)N(c3cccc(C)c3)C2=O)ccc1OCc1ccc(Cl)cc1Cl. The van der Waals surface area contributed by atoms with Crippen molar-refractivity contribution in [3.63, 3.8) is 0 Å². The number of anilines is 1. The lowest BCUT2D eigenvalue weighted by molar-refractivity contribution is -0.122. The van der Waals surface area contributed by atoms with Crippen molar-refractivity contribution in [3.05, 3.63) is 93.0 Å². The molecule has 0 bridgehead atoms. The van der Waals surface area contributed by atoms with Crippen LogP contribution in [0, 0.1) is 6.92 Å². The van der Waals surface area contributed by atoms with Gasteiger partial charge in [-0.25, -0.2) is 9.69 Å². The minimum atomic E-state index is -0.801. The van der Waals surface area contributed by atoms with Gasteiger partial charge >= 0.3 is 6.03 Å². The Morgan fingerprint density at radius 3 is 2.49 bits per heavy atom. The monoisotopic (exact) mass is 510 g/mol. The van der Waals surface area contributed by atoms with E-state index < -0.39 is 17.8 Å². The molecule has 0 atom stereocenters. The molecule has 1 saturated heterocycles. The number of rotatable bonds is 6. The fraction of sp³-hybridized carbons (Fsp3) is 0.115. The fourth-order valence-corrected chi connectivity index (χ4v) is 3.98. The van der Waals surface area contributed by atoms with Crippen molar-refractivity contribution < 1.29 is 23.9 Å². The van der Waals surface area contributed by atoms with E-state index in [1.165, 1.54) is 13.2 Å². The average molecular weight is 511 g/mol. The molecular weight excluding hydrogens is 491 g/mol. The first-order valence-corrected chi connectivity index (χ1v) is 11.3. The summed E-state index contributed by atoms with van der Waals surface area (Å²) in [5, 5.41) is 3.22. The number of halogens is 2. The molecule has 0 radical (unpaired) electrons. The molecule has 0 saturated carbocycles. The topological polar surface area (TPSA) is 84.9 Å². The summed E-state index contributed by atoms with van der Waals surface area (Å²) in [7, 11) is 1.48. The van der Waals surface area contributed by atoms with E-state index in [0.29, 0.717) is 32.8 Å². The maximum atomic E-state index is 13.1. The summed E-state index contributed by atoms with van der Waals surface area (Å²) in [6.07, 6.45) is 1.40. The average Bonchev–Trinajstić information content (AvgIpc) is 2.81. The smallest absolute Gasteiger partial charge is 0.335 e. The molecule has 1 heterocycles. The minimum absolute atomic E-state index is 0.182. The van der Waals surface area contributed by atoms with Gasteiger partial charge in [-0.1, -0.05) is 47.5 Å². The van der Waals surface area contributed by atoms with Gasteiger partial charge < -0.3 is 9.47 Å². The first-order valence-electron chi connectivity index (χ1n) is 10.5. The maximum absolute atomic E-state index is 13.1. The van der Waals surface area contributed by atoms with E-state index in [9.17, 15) is 14.4 Å². The molecule has 0 unspecified atom stereocenters. The largest absolute Gasteiger partial charge is 0.493 e. The minimum Gasteiger partial charge on any atom is -0.493 e. The van der Waals surface area contributed by atoms with Crippen molar-refractivity contribution in [1.82, 2.24) is 5.32 Å². The van der Waals surface area contributed by atoms with E-state index in [1.54, 1.807) is 54.6 Å². The van der Waals surface area contributed by atoms with Crippen LogP contribution in [0.5, 0.6) is 11.5 Å². The number of aryl methyl sites for hydroxylation is 1. The molecule has 1 N–H and O–H groups in total. The maximum Gasteiger partial charge on any atom is 0.335 e. The third-order valence-electron chi connectivity index (χ3n) is 5.26. The third-order valence-corrected chi connectivity index (χ3v) is 5.85. The highest BCUT2D eigenvalue weighted by molar-refractivity contribution is 6.39. The second-order valence-electron chi connectivity index (χ2n) is 7.73. The summed E-state index contributed by atoms with van der Waals surface area (Å²) in [5.41, 5.74) is 2.30. The molecule has 3 aromatic rings. The molecule has 1 aliphatic heterocycles. The van der Waals surface area contributed by atoms with Crippen molar-refractivity contribution >= 4 is 52.8 Å². The molecule has 0 spiro atoms. The zero-order chi connectivity index (χ0) is 25.1. The van der Waals surface area contributed by atoms with Gasteiger partial charge in [-0.3, -0.25) is 14.9 Å². The number of hydrogen-bond donors (Lipinski definition) is 1. The summed E-state index contributed by atoms with van der Waals surface area (Å²) < 4.78 is 11.3. The number of ether oxygens (including phenoxy) is 2. The number of urea groups is 1. The zero-order valence-electron chi connectivity index (χ0n) is 18.8. The number of methoxy groups -OCH3 is 1. The van der Waals surface area contributed by atoms with E-state index in [0.717, 1.165) is 16.0 Å². The highest BCUT2D eigenvalue weighted by Crippen LogP contribution is 2.31. The molecule has 4 amide bonds. The van der Waals surface area contributed by atoms with Crippen LogP contribution >= 0.6 is 23.2 Å². The van der Waals surface area contributed by atoms with Crippen LogP contribution < -0.4 is 19.7 Å². The van der Waals surface area contributed by atoms with Crippen molar-refractivity contribution in [1.29, 1.82) is 0 Å². The predicted octanol–water partition coefficient (Wildman–Crippen LogP) is 5.56. The molecule has 35 heavy (non-hydrogen) atoms. The van der Waals surface area contributed by atoms with Gasteiger partial charge in [-0.05, 0) is 60.5 Å². The quantitative estimate of drug-likeness (QED) is 0.346. The van der Waals surface area contributed by atoms with E-state index in [1.807, 2.05) is 13.0 Å². The Kier molecular flexibility index (Phi) is 7.10. The van der Waals surface area contributed by atoms with Crippen LogP contribution in [0.3, 0.4) is 0 Å². The van der Waals surface area contributed by atoms with Gasteiger partial charge in [0, 0.05) is 15.6 Å².